The number of aromatic nitrogens is 1. The number of carbonyl (C=O) groups is 2. The number of hydrogen-bond acceptors (Lipinski definition) is 4. The number of pyridine rings is 1. The first kappa shape index (κ1) is 15.1. The molecule has 114 valence electrons. The van der Waals surface area contributed by atoms with Gasteiger partial charge in [0.2, 0.25) is 5.91 Å². The van der Waals surface area contributed by atoms with Crippen LogP contribution < -0.4 is 20.9 Å². The molecule has 2 rings (SSSR count). The normalized spacial score (nSPS) is 17.4. The van der Waals surface area contributed by atoms with Gasteiger partial charge in [0.25, 0.3) is 0 Å². The molecule has 0 saturated carbocycles. The molecule has 1 saturated heterocycles. The van der Waals surface area contributed by atoms with Crippen LogP contribution in [-0.4, -0.2) is 49.1 Å². The monoisotopic (exact) mass is 291 g/mol. The van der Waals surface area contributed by atoms with Crippen LogP contribution in [0.5, 0.6) is 0 Å². The number of nitrogens with one attached hydrogen (secondary N) is 3. The molecule has 1 aliphatic heterocycles. The molecule has 1 fully saturated rings. The van der Waals surface area contributed by atoms with Gasteiger partial charge >= 0.3 is 6.03 Å². The predicted molar refractivity (Wildman–Crippen MR) is 80.1 cm³/mol. The van der Waals surface area contributed by atoms with Gasteiger partial charge in [-0.2, -0.15) is 0 Å². The van der Waals surface area contributed by atoms with E-state index < -0.39 is 0 Å². The van der Waals surface area contributed by atoms with Crippen molar-refractivity contribution in [3.8, 4) is 0 Å². The highest BCUT2D eigenvalue weighted by molar-refractivity contribution is 5.75. The molecule has 2 heterocycles. The fourth-order valence-corrected chi connectivity index (χ4v) is 2.28. The van der Waals surface area contributed by atoms with E-state index in [1.807, 2.05) is 18.2 Å². The van der Waals surface area contributed by atoms with E-state index in [0.717, 1.165) is 25.3 Å². The fourth-order valence-electron chi connectivity index (χ4n) is 2.28. The summed E-state index contributed by atoms with van der Waals surface area (Å²) in [5.41, 5.74) is 0. The lowest BCUT2D eigenvalue weighted by Crippen LogP contribution is -2.45. The van der Waals surface area contributed by atoms with Crippen molar-refractivity contribution in [1.29, 1.82) is 0 Å². The molecule has 0 bridgehead atoms. The Morgan fingerprint density at radius 3 is 2.86 bits per heavy atom. The lowest BCUT2D eigenvalue weighted by Gasteiger charge is -2.18. The maximum atomic E-state index is 11.7. The summed E-state index contributed by atoms with van der Waals surface area (Å²) in [6.45, 7) is 3.95. The topological polar surface area (TPSA) is 86.4 Å². The van der Waals surface area contributed by atoms with Crippen molar-refractivity contribution >= 4 is 17.8 Å². The van der Waals surface area contributed by atoms with Crippen molar-refractivity contribution in [3.05, 3.63) is 24.4 Å². The Morgan fingerprint density at radius 2 is 2.14 bits per heavy atom. The van der Waals surface area contributed by atoms with Crippen molar-refractivity contribution in [1.82, 2.24) is 20.9 Å². The maximum Gasteiger partial charge on any atom is 0.315 e. The van der Waals surface area contributed by atoms with E-state index >= 15 is 0 Å². The van der Waals surface area contributed by atoms with Crippen LogP contribution >= 0.6 is 0 Å². The van der Waals surface area contributed by atoms with Crippen molar-refractivity contribution in [2.45, 2.75) is 19.4 Å². The molecular formula is C14H21N5O2. The smallest absolute Gasteiger partial charge is 0.315 e. The molecule has 7 heteroatoms. The number of hydrogen-bond donors (Lipinski definition) is 3. The molecule has 21 heavy (non-hydrogen) atoms. The Kier molecular flexibility index (Phi) is 5.36. The third-order valence-corrected chi connectivity index (χ3v) is 3.28. The molecule has 7 nitrogen and oxygen atoms in total. The summed E-state index contributed by atoms with van der Waals surface area (Å²) in [7, 11) is 0. The van der Waals surface area contributed by atoms with Crippen LogP contribution in [0, 0.1) is 0 Å². The van der Waals surface area contributed by atoms with Crippen molar-refractivity contribution in [2.24, 2.45) is 0 Å². The summed E-state index contributed by atoms with van der Waals surface area (Å²) >= 11 is 0. The summed E-state index contributed by atoms with van der Waals surface area (Å²) in [4.78, 5) is 28.9. The zero-order valence-corrected chi connectivity index (χ0v) is 12.1. The third kappa shape index (κ3) is 4.94. The molecule has 1 atom stereocenters. The molecule has 0 radical (unpaired) electrons. The van der Waals surface area contributed by atoms with Gasteiger partial charge in [-0.05, 0) is 18.6 Å². The first-order valence-electron chi connectivity index (χ1n) is 7.10. The van der Waals surface area contributed by atoms with Gasteiger partial charge in [0.05, 0.1) is 0 Å². The average Bonchev–Trinajstić information content (AvgIpc) is 2.93. The SMILES string of the molecule is CC(=O)NCCNC(=O)N[C@H]1CCN(c2ccccn2)C1. The number of amides is 3. The molecule has 3 N–H and O–H groups in total. The second kappa shape index (κ2) is 7.47. The Labute approximate surface area is 124 Å². The molecule has 1 aromatic rings. The Morgan fingerprint density at radius 1 is 1.33 bits per heavy atom. The summed E-state index contributed by atoms with van der Waals surface area (Å²) < 4.78 is 0. The second-order valence-electron chi connectivity index (χ2n) is 5.00. The molecule has 0 aliphatic carbocycles. The first-order valence-corrected chi connectivity index (χ1v) is 7.10. The maximum absolute atomic E-state index is 11.7. The van der Waals surface area contributed by atoms with Crippen molar-refractivity contribution in [3.63, 3.8) is 0 Å². The van der Waals surface area contributed by atoms with Gasteiger partial charge in [-0.3, -0.25) is 4.79 Å². The quantitative estimate of drug-likeness (QED) is 0.671. The fraction of sp³-hybridized carbons (Fsp3) is 0.500. The van der Waals surface area contributed by atoms with Gasteiger partial charge < -0.3 is 20.9 Å². The molecule has 0 spiro atoms. The van der Waals surface area contributed by atoms with Gasteiger partial charge in [0.1, 0.15) is 5.82 Å². The van der Waals surface area contributed by atoms with Gasteiger partial charge in [0.15, 0.2) is 0 Å². The number of carbonyl (C=O) groups excluding carboxylic acids is 2. The number of nitrogens with zero attached hydrogens (tertiary/aromatic N) is 2. The molecular weight excluding hydrogens is 270 g/mol. The molecule has 0 unspecified atom stereocenters. The first-order chi connectivity index (χ1) is 10.1. The van der Waals surface area contributed by atoms with Gasteiger partial charge in [-0.1, -0.05) is 6.07 Å². The Hall–Kier alpha value is -2.31. The Balaban J connectivity index is 1.68. The van der Waals surface area contributed by atoms with Crippen LogP contribution in [0.1, 0.15) is 13.3 Å². The minimum Gasteiger partial charge on any atom is -0.355 e. The highest BCUT2D eigenvalue weighted by Gasteiger charge is 2.24. The predicted octanol–water partition coefficient (Wildman–Crippen LogP) is 0.0956. The number of rotatable bonds is 5. The van der Waals surface area contributed by atoms with Crippen LogP contribution in [0.15, 0.2) is 24.4 Å². The standard InChI is InChI=1S/C14H21N5O2/c1-11(20)15-7-8-17-14(21)18-12-5-9-19(10-12)13-4-2-3-6-16-13/h2-4,6,12H,5,7-10H2,1H3,(H,15,20)(H2,17,18,21)/t12-/m0/s1. The van der Waals surface area contributed by atoms with Gasteiger partial charge in [-0.25, -0.2) is 9.78 Å². The van der Waals surface area contributed by atoms with Crippen molar-refractivity contribution < 1.29 is 9.59 Å². The van der Waals surface area contributed by atoms with E-state index in [4.69, 9.17) is 0 Å². The molecule has 1 aliphatic rings. The largest absolute Gasteiger partial charge is 0.355 e. The van der Waals surface area contributed by atoms with E-state index in [-0.39, 0.29) is 18.0 Å². The van der Waals surface area contributed by atoms with Crippen molar-refractivity contribution in [2.75, 3.05) is 31.1 Å². The van der Waals surface area contributed by atoms with Crippen LogP contribution in [0.3, 0.4) is 0 Å². The van der Waals surface area contributed by atoms with E-state index in [2.05, 4.69) is 25.8 Å². The Bertz CT molecular complexity index is 480. The minimum absolute atomic E-state index is 0.0981. The summed E-state index contributed by atoms with van der Waals surface area (Å²) in [5, 5.41) is 8.28. The van der Waals surface area contributed by atoms with E-state index in [0.29, 0.717) is 13.1 Å². The van der Waals surface area contributed by atoms with E-state index in [9.17, 15) is 9.59 Å². The minimum atomic E-state index is -0.201. The average molecular weight is 291 g/mol. The molecule has 0 aromatic carbocycles. The van der Waals surface area contributed by atoms with E-state index in [1.165, 1.54) is 6.92 Å². The second-order valence-corrected chi connectivity index (χ2v) is 5.00. The van der Waals surface area contributed by atoms with E-state index in [1.54, 1.807) is 6.20 Å². The highest BCUT2D eigenvalue weighted by atomic mass is 16.2. The van der Waals surface area contributed by atoms with Crippen LogP contribution in [-0.2, 0) is 4.79 Å². The lowest BCUT2D eigenvalue weighted by atomic mass is 10.3. The zero-order chi connectivity index (χ0) is 15.1. The van der Waals surface area contributed by atoms with Crippen LogP contribution in [0.2, 0.25) is 0 Å². The number of urea groups is 1. The van der Waals surface area contributed by atoms with Crippen LogP contribution in [0.25, 0.3) is 0 Å². The molecule has 3 amide bonds. The zero-order valence-electron chi connectivity index (χ0n) is 12.1. The van der Waals surface area contributed by atoms with Crippen LogP contribution in [0.4, 0.5) is 10.6 Å². The third-order valence-electron chi connectivity index (χ3n) is 3.28. The van der Waals surface area contributed by atoms with Gasteiger partial charge in [-0.15, -0.1) is 0 Å². The summed E-state index contributed by atoms with van der Waals surface area (Å²) in [5.74, 6) is 0.840. The lowest BCUT2D eigenvalue weighted by molar-refractivity contribution is -0.118. The summed E-state index contributed by atoms with van der Waals surface area (Å²) in [6, 6.07) is 5.73. The van der Waals surface area contributed by atoms with Gasteiger partial charge in [0, 0.05) is 45.3 Å². The highest BCUT2D eigenvalue weighted by Crippen LogP contribution is 2.16. The number of anilines is 1. The molecule has 1 aromatic heterocycles. The summed E-state index contributed by atoms with van der Waals surface area (Å²) in [6.07, 6.45) is 2.67.